The Kier molecular flexibility index (Phi) is 8.18. The minimum atomic E-state index is -1.24. The highest BCUT2D eigenvalue weighted by Gasteiger charge is 2.24. The number of nitro groups is 1. The van der Waals surface area contributed by atoms with Crippen molar-refractivity contribution in [3.8, 4) is 11.5 Å². The lowest BCUT2D eigenvalue weighted by Crippen LogP contribution is -2.30. The van der Waals surface area contributed by atoms with Crippen LogP contribution in [0.1, 0.15) is 18.1 Å². The molecule has 0 spiro atoms. The molecule has 0 aromatic heterocycles. The van der Waals surface area contributed by atoms with E-state index in [1.165, 1.54) is 39.3 Å². The van der Waals surface area contributed by atoms with Crippen molar-refractivity contribution < 1.29 is 28.7 Å². The first-order chi connectivity index (χ1) is 16.8. The molecule has 1 N–H and O–H groups in total. The van der Waals surface area contributed by atoms with Crippen molar-refractivity contribution in [1.82, 2.24) is 0 Å². The van der Waals surface area contributed by atoms with Crippen molar-refractivity contribution >= 4 is 34.9 Å². The fourth-order valence-corrected chi connectivity index (χ4v) is 3.23. The lowest BCUT2D eigenvalue weighted by atomic mass is 10.0. The van der Waals surface area contributed by atoms with Gasteiger partial charge in [-0.3, -0.25) is 14.9 Å². The lowest BCUT2D eigenvalue weighted by Gasteiger charge is -2.16. The second-order valence-corrected chi connectivity index (χ2v) is 7.34. The average molecular weight is 476 g/mol. The fraction of sp³-hybridized carbons (Fsp3) is 0.154. The van der Waals surface area contributed by atoms with Gasteiger partial charge < -0.3 is 19.5 Å². The van der Waals surface area contributed by atoms with Crippen LogP contribution in [0.2, 0.25) is 0 Å². The molecular formula is C26H24N2O7. The Morgan fingerprint density at radius 2 is 1.66 bits per heavy atom. The molecule has 3 aromatic carbocycles. The maximum atomic E-state index is 13.1. The van der Waals surface area contributed by atoms with Crippen LogP contribution in [0, 0.1) is 10.1 Å². The first-order valence-corrected chi connectivity index (χ1v) is 10.6. The Bertz CT molecular complexity index is 1260. The first kappa shape index (κ1) is 25.0. The van der Waals surface area contributed by atoms with Crippen LogP contribution in [0.25, 0.3) is 11.6 Å². The molecule has 0 aliphatic heterocycles. The molecule has 3 rings (SSSR count). The summed E-state index contributed by atoms with van der Waals surface area (Å²) < 4.78 is 15.8. The number of nitrogens with zero attached hydrogens (tertiary/aromatic N) is 1. The number of hydrogen-bond donors (Lipinski definition) is 1. The molecule has 35 heavy (non-hydrogen) atoms. The standard InChI is InChI=1S/C26H24N2O7/c1-17(25(29)27-22-14-13-20(33-2)16-23(22)28(31)32)35-26(30)21(18-9-5-4-6-10-18)15-19-11-7-8-12-24(19)34-3/h4-17H,1-3H3,(H,27,29)/b21-15+. The number of esters is 1. The van der Waals surface area contributed by atoms with Gasteiger partial charge in [0.1, 0.15) is 17.2 Å². The number of rotatable bonds is 9. The summed E-state index contributed by atoms with van der Waals surface area (Å²) in [5.41, 5.74) is 1.05. The lowest BCUT2D eigenvalue weighted by molar-refractivity contribution is -0.384. The van der Waals surface area contributed by atoms with Crippen LogP contribution in [0.3, 0.4) is 0 Å². The van der Waals surface area contributed by atoms with Gasteiger partial charge in [-0.1, -0.05) is 48.5 Å². The monoisotopic (exact) mass is 476 g/mol. The van der Waals surface area contributed by atoms with E-state index in [0.29, 0.717) is 16.9 Å². The van der Waals surface area contributed by atoms with Crippen LogP contribution in [0.4, 0.5) is 11.4 Å². The molecular weight excluding hydrogens is 452 g/mol. The van der Waals surface area contributed by atoms with E-state index in [1.807, 2.05) is 6.07 Å². The van der Waals surface area contributed by atoms with Crippen LogP contribution >= 0.6 is 0 Å². The SMILES string of the molecule is COc1ccc(NC(=O)C(C)OC(=O)/C(=C/c2ccccc2OC)c2ccccc2)c([N+](=O)[O-])c1. The normalized spacial score (nSPS) is 11.8. The van der Waals surface area contributed by atoms with Gasteiger partial charge in [-0.25, -0.2) is 4.79 Å². The van der Waals surface area contributed by atoms with Crippen LogP contribution < -0.4 is 14.8 Å². The largest absolute Gasteiger partial charge is 0.496 e. The van der Waals surface area contributed by atoms with Crippen molar-refractivity contribution in [2.45, 2.75) is 13.0 Å². The van der Waals surface area contributed by atoms with E-state index >= 15 is 0 Å². The van der Waals surface area contributed by atoms with Gasteiger partial charge >= 0.3 is 5.97 Å². The molecule has 0 heterocycles. The summed E-state index contributed by atoms with van der Waals surface area (Å²) in [4.78, 5) is 36.6. The number of nitro benzene ring substituents is 1. The summed E-state index contributed by atoms with van der Waals surface area (Å²) in [6.45, 7) is 1.38. The number of anilines is 1. The number of carbonyl (C=O) groups is 2. The van der Waals surface area contributed by atoms with Crippen molar-refractivity contribution in [2.24, 2.45) is 0 Å². The van der Waals surface area contributed by atoms with Crippen molar-refractivity contribution in [1.29, 1.82) is 0 Å². The maximum absolute atomic E-state index is 13.1. The highest BCUT2D eigenvalue weighted by molar-refractivity contribution is 6.22. The van der Waals surface area contributed by atoms with Crippen molar-refractivity contribution in [3.63, 3.8) is 0 Å². The molecule has 0 radical (unpaired) electrons. The highest BCUT2D eigenvalue weighted by atomic mass is 16.6. The number of carbonyl (C=O) groups excluding carboxylic acids is 2. The third kappa shape index (κ3) is 6.23. The minimum absolute atomic E-state index is 0.0449. The molecule has 1 atom stereocenters. The quantitative estimate of drug-likeness (QED) is 0.156. The number of methoxy groups -OCH3 is 2. The molecule has 1 amide bonds. The predicted molar refractivity (Wildman–Crippen MR) is 131 cm³/mol. The molecule has 0 bridgehead atoms. The van der Waals surface area contributed by atoms with E-state index in [0.717, 1.165) is 0 Å². The minimum Gasteiger partial charge on any atom is -0.496 e. The van der Waals surface area contributed by atoms with E-state index in [2.05, 4.69) is 5.32 Å². The number of ether oxygens (including phenoxy) is 3. The highest BCUT2D eigenvalue weighted by Crippen LogP contribution is 2.30. The van der Waals surface area contributed by atoms with Gasteiger partial charge in [0, 0.05) is 5.56 Å². The van der Waals surface area contributed by atoms with E-state index < -0.39 is 22.9 Å². The molecule has 0 fully saturated rings. The summed E-state index contributed by atoms with van der Waals surface area (Å²) in [7, 11) is 2.90. The Hall–Kier alpha value is -4.66. The van der Waals surface area contributed by atoms with Crippen LogP contribution in [0.5, 0.6) is 11.5 Å². The Balaban J connectivity index is 1.84. The van der Waals surface area contributed by atoms with Crippen LogP contribution in [-0.4, -0.2) is 37.1 Å². The van der Waals surface area contributed by atoms with E-state index in [1.54, 1.807) is 54.6 Å². The fourth-order valence-electron chi connectivity index (χ4n) is 3.23. The zero-order chi connectivity index (χ0) is 25.4. The van der Waals surface area contributed by atoms with Gasteiger partial charge in [-0.15, -0.1) is 0 Å². The molecule has 0 aliphatic rings. The molecule has 0 saturated heterocycles. The third-order valence-corrected chi connectivity index (χ3v) is 5.06. The van der Waals surface area contributed by atoms with E-state index in [-0.39, 0.29) is 22.7 Å². The maximum Gasteiger partial charge on any atom is 0.339 e. The predicted octanol–water partition coefficient (Wildman–Crippen LogP) is 4.72. The van der Waals surface area contributed by atoms with Crippen LogP contribution in [0.15, 0.2) is 72.8 Å². The smallest absolute Gasteiger partial charge is 0.339 e. The summed E-state index contributed by atoms with van der Waals surface area (Å²) >= 11 is 0. The summed E-state index contributed by atoms with van der Waals surface area (Å²) in [6, 6.07) is 20.0. The number of nitrogens with one attached hydrogen (secondary N) is 1. The molecule has 1 unspecified atom stereocenters. The summed E-state index contributed by atoms with van der Waals surface area (Å²) in [5, 5.41) is 13.8. The number of benzene rings is 3. The topological polar surface area (TPSA) is 117 Å². The third-order valence-electron chi connectivity index (χ3n) is 5.06. The second kappa shape index (κ2) is 11.5. The molecule has 3 aromatic rings. The van der Waals surface area contributed by atoms with Gasteiger partial charge in [0.05, 0.1) is 30.8 Å². The first-order valence-electron chi connectivity index (χ1n) is 10.6. The zero-order valence-electron chi connectivity index (χ0n) is 19.4. The molecule has 0 aliphatic carbocycles. The molecule has 9 heteroatoms. The van der Waals surface area contributed by atoms with Gasteiger partial charge in [0.15, 0.2) is 6.10 Å². The average Bonchev–Trinajstić information content (AvgIpc) is 2.87. The Labute approximate surface area is 202 Å². The van der Waals surface area contributed by atoms with Gasteiger partial charge in [0.2, 0.25) is 0 Å². The van der Waals surface area contributed by atoms with E-state index in [9.17, 15) is 19.7 Å². The summed E-state index contributed by atoms with van der Waals surface area (Å²) in [5.74, 6) is -0.639. The Morgan fingerprint density at radius 3 is 2.31 bits per heavy atom. The van der Waals surface area contributed by atoms with Gasteiger partial charge in [-0.2, -0.15) is 0 Å². The van der Waals surface area contributed by atoms with Gasteiger partial charge in [-0.05, 0) is 36.8 Å². The molecule has 9 nitrogen and oxygen atoms in total. The van der Waals surface area contributed by atoms with Crippen molar-refractivity contribution in [2.75, 3.05) is 19.5 Å². The Morgan fingerprint density at radius 1 is 0.971 bits per heavy atom. The molecule has 180 valence electrons. The zero-order valence-corrected chi connectivity index (χ0v) is 19.4. The number of hydrogen-bond acceptors (Lipinski definition) is 7. The number of amides is 1. The van der Waals surface area contributed by atoms with Crippen molar-refractivity contribution in [3.05, 3.63) is 94.0 Å². The van der Waals surface area contributed by atoms with Crippen LogP contribution in [-0.2, 0) is 14.3 Å². The summed E-state index contributed by atoms with van der Waals surface area (Å²) in [6.07, 6.45) is 0.379. The number of para-hydroxylation sites is 1. The van der Waals surface area contributed by atoms with E-state index in [4.69, 9.17) is 14.2 Å². The van der Waals surface area contributed by atoms with Gasteiger partial charge in [0.25, 0.3) is 11.6 Å². The molecule has 0 saturated carbocycles. The second-order valence-electron chi connectivity index (χ2n) is 7.34.